The van der Waals surface area contributed by atoms with Gasteiger partial charge in [-0.15, -0.1) is 0 Å². The second-order valence-corrected chi connectivity index (χ2v) is 5.22. The molecule has 20 heavy (non-hydrogen) atoms. The van der Waals surface area contributed by atoms with Crippen molar-refractivity contribution in [1.82, 2.24) is 4.90 Å². The molecule has 5 nitrogen and oxygen atoms in total. The van der Waals surface area contributed by atoms with E-state index in [9.17, 15) is 9.90 Å². The van der Waals surface area contributed by atoms with Crippen LogP contribution < -0.4 is 10.1 Å². The molecule has 1 saturated heterocycles. The molecule has 1 aromatic carbocycles. The Hall–Kier alpha value is -1.75. The molecule has 2 amide bonds. The Balaban J connectivity index is 2.06. The largest absolute Gasteiger partial charge is 0.497 e. The number of piperidine rings is 1. The number of nitrogens with one attached hydrogen (secondary N) is 1. The zero-order chi connectivity index (χ0) is 14.5. The number of carbonyl (C=O) groups is 1. The highest BCUT2D eigenvalue weighted by molar-refractivity contribution is 5.89. The molecule has 0 saturated carbocycles. The van der Waals surface area contributed by atoms with E-state index in [0.717, 1.165) is 12.8 Å². The van der Waals surface area contributed by atoms with Gasteiger partial charge in [0.1, 0.15) is 5.75 Å². The Labute approximate surface area is 119 Å². The lowest BCUT2D eigenvalue weighted by molar-refractivity contribution is 0.0811. The summed E-state index contributed by atoms with van der Waals surface area (Å²) in [6.45, 7) is 2.77. The fourth-order valence-corrected chi connectivity index (χ4v) is 2.68. The van der Waals surface area contributed by atoms with Crippen LogP contribution in [0.3, 0.4) is 0 Å². The molecule has 0 aromatic heterocycles. The van der Waals surface area contributed by atoms with Gasteiger partial charge in [0, 0.05) is 18.3 Å². The monoisotopic (exact) mass is 278 g/mol. The molecule has 0 spiro atoms. The van der Waals surface area contributed by atoms with Crippen LogP contribution in [0.15, 0.2) is 24.3 Å². The number of aliphatic hydroxyl groups is 1. The number of urea groups is 1. The fourth-order valence-electron chi connectivity index (χ4n) is 2.68. The quantitative estimate of drug-likeness (QED) is 0.892. The molecular formula is C15H22N2O3. The number of hydrogen-bond donors (Lipinski definition) is 2. The second kappa shape index (κ2) is 6.61. The predicted molar refractivity (Wildman–Crippen MR) is 78.0 cm³/mol. The third-order valence-electron chi connectivity index (χ3n) is 3.88. The average molecular weight is 278 g/mol. The van der Waals surface area contributed by atoms with E-state index in [-0.39, 0.29) is 18.7 Å². The summed E-state index contributed by atoms with van der Waals surface area (Å²) in [5.74, 6) is 1.03. The summed E-state index contributed by atoms with van der Waals surface area (Å²) in [5.41, 5.74) is 0.698. The third-order valence-corrected chi connectivity index (χ3v) is 3.88. The van der Waals surface area contributed by atoms with Gasteiger partial charge in [0.25, 0.3) is 0 Å². The Morgan fingerprint density at radius 3 is 3.05 bits per heavy atom. The van der Waals surface area contributed by atoms with Crippen molar-refractivity contribution in [3.8, 4) is 5.75 Å². The molecule has 2 atom stereocenters. The van der Waals surface area contributed by atoms with Crippen molar-refractivity contribution in [2.24, 2.45) is 5.92 Å². The molecule has 1 aliphatic heterocycles. The molecule has 2 N–H and O–H groups in total. The van der Waals surface area contributed by atoms with Gasteiger partial charge in [0.2, 0.25) is 0 Å². The van der Waals surface area contributed by atoms with Crippen molar-refractivity contribution in [3.05, 3.63) is 24.3 Å². The van der Waals surface area contributed by atoms with E-state index in [4.69, 9.17) is 4.74 Å². The predicted octanol–water partition coefficient (Wildman–Crippen LogP) is 2.32. The highest BCUT2D eigenvalue weighted by Crippen LogP contribution is 2.24. The van der Waals surface area contributed by atoms with E-state index in [1.54, 1.807) is 18.1 Å². The van der Waals surface area contributed by atoms with E-state index >= 15 is 0 Å². The van der Waals surface area contributed by atoms with Crippen LogP contribution in [0.5, 0.6) is 5.75 Å². The van der Waals surface area contributed by atoms with E-state index in [1.807, 2.05) is 18.2 Å². The van der Waals surface area contributed by atoms with Crippen LogP contribution in [0.1, 0.15) is 19.8 Å². The summed E-state index contributed by atoms with van der Waals surface area (Å²) in [6.07, 6.45) is 2.03. The van der Waals surface area contributed by atoms with Crippen LogP contribution in [-0.4, -0.2) is 42.3 Å². The lowest BCUT2D eigenvalue weighted by Crippen LogP contribution is -2.51. The normalized spacial score (nSPS) is 22.4. The number of rotatable bonds is 3. The molecule has 0 bridgehead atoms. The van der Waals surface area contributed by atoms with Gasteiger partial charge >= 0.3 is 6.03 Å². The number of carbonyl (C=O) groups excluding carboxylic acids is 1. The van der Waals surface area contributed by atoms with Gasteiger partial charge in [-0.05, 0) is 30.9 Å². The number of aliphatic hydroxyl groups excluding tert-OH is 1. The van der Waals surface area contributed by atoms with Crippen molar-refractivity contribution < 1.29 is 14.6 Å². The Morgan fingerprint density at radius 2 is 2.35 bits per heavy atom. The number of anilines is 1. The second-order valence-electron chi connectivity index (χ2n) is 5.22. The van der Waals surface area contributed by atoms with Crippen molar-refractivity contribution in [1.29, 1.82) is 0 Å². The molecule has 0 radical (unpaired) electrons. The molecule has 2 rings (SSSR count). The maximum absolute atomic E-state index is 12.3. The molecule has 0 aliphatic carbocycles. The third kappa shape index (κ3) is 3.22. The first-order chi connectivity index (χ1) is 9.65. The molecule has 2 unspecified atom stereocenters. The molecule has 5 heteroatoms. The van der Waals surface area contributed by atoms with Crippen LogP contribution in [-0.2, 0) is 0 Å². The van der Waals surface area contributed by atoms with Gasteiger partial charge in [0.15, 0.2) is 0 Å². The number of benzene rings is 1. The lowest BCUT2D eigenvalue weighted by Gasteiger charge is -2.38. The smallest absolute Gasteiger partial charge is 0.322 e. The summed E-state index contributed by atoms with van der Waals surface area (Å²) < 4.78 is 5.14. The number of hydrogen-bond acceptors (Lipinski definition) is 3. The number of nitrogens with zero attached hydrogens (tertiary/aromatic N) is 1. The number of ether oxygens (including phenoxy) is 1. The van der Waals surface area contributed by atoms with Gasteiger partial charge in [-0.1, -0.05) is 13.0 Å². The number of amides is 2. The highest BCUT2D eigenvalue weighted by atomic mass is 16.5. The molecule has 110 valence electrons. The molecule has 1 aromatic rings. The average Bonchev–Trinajstić information content (AvgIpc) is 2.47. The first kappa shape index (κ1) is 14.7. The van der Waals surface area contributed by atoms with Crippen molar-refractivity contribution in [3.63, 3.8) is 0 Å². The first-order valence-electron chi connectivity index (χ1n) is 6.98. The minimum absolute atomic E-state index is 0.00664. The van der Waals surface area contributed by atoms with Gasteiger partial charge < -0.3 is 20.1 Å². The van der Waals surface area contributed by atoms with Crippen LogP contribution in [0.25, 0.3) is 0 Å². The summed E-state index contributed by atoms with van der Waals surface area (Å²) in [4.78, 5) is 14.1. The van der Waals surface area contributed by atoms with Gasteiger partial charge in [-0.2, -0.15) is 0 Å². The van der Waals surface area contributed by atoms with Crippen LogP contribution in [0.2, 0.25) is 0 Å². The topological polar surface area (TPSA) is 61.8 Å². The van der Waals surface area contributed by atoms with Crippen LogP contribution >= 0.6 is 0 Å². The highest BCUT2D eigenvalue weighted by Gasteiger charge is 2.31. The maximum Gasteiger partial charge on any atom is 0.322 e. The van der Waals surface area contributed by atoms with Crippen LogP contribution in [0.4, 0.5) is 10.5 Å². The maximum atomic E-state index is 12.3. The van der Waals surface area contributed by atoms with E-state index < -0.39 is 0 Å². The molecule has 1 heterocycles. The van der Waals surface area contributed by atoms with E-state index in [1.165, 1.54) is 0 Å². The SMILES string of the molecule is COc1cccc(NC(=O)N2CCCC(C)C2CO)c1. The summed E-state index contributed by atoms with van der Waals surface area (Å²) in [7, 11) is 1.59. The van der Waals surface area contributed by atoms with Crippen molar-refractivity contribution >= 4 is 11.7 Å². The lowest BCUT2D eigenvalue weighted by atomic mass is 9.91. The Morgan fingerprint density at radius 1 is 1.55 bits per heavy atom. The first-order valence-corrected chi connectivity index (χ1v) is 6.98. The minimum atomic E-state index is -0.163. The Bertz CT molecular complexity index is 464. The molecule has 1 fully saturated rings. The fraction of sp³-hybridized carbons (Fsp3) is 0.533. The van der Waals surface area contributed by atoms with Gasteiger partial charge in [0.05, 0.1) is 19.8 Å². The number of likely N-dealkylation sites (tertiary alicyclic amines) is 1. The minimum Gasteiger partial charge on any atom is -0.497 e. The summed E-state index contributed by atoms with van der Waals surface area (Å²) in [5, 5.41) is 12.4. The Kier molecular flexibility index (Phi) is 4.84. The summed E-state index contributed by atoms with van der Waals surface area (Å²) >= 11 is 0. The van der Waals surface area contributed by atoms with Crippen molar-refractivity contribution in [2.75, 3.05) is 25.6 Å². The van der Waals surface area contributed by atoms with Gasteiger partial charge in [-0.3, -0.25) is 0 Å². The number of methoxy groups -OCH3 is 1. The van der Waals surface area contributed by atoms with Gasteiger partial charge in [-0.25, -0.2) is 4.79 Å². The zero-order valence-corrected chi connectivity index (χ0v) is 12.0. The molecule has 1 aliphatic rings. The summed E-state index contributed by atoms with van der Waals surface area (Å²) in [6, 6.07) is 6.99. The van der Waals surface area contributed by atoms with E-state index in [2.05, 4.69) is 12.2 Å². The van der Waals surface area contributed by atoms with E-state index in [0.29, 0.717) is 23.9 Å². The van der Waals surface area contributed by atoms with Crippen LogP contribution in [0, 0.1) is 5.92 Å². The van der Waals surface area contributed by atoms with Crippen molar-refractivity contribution in [2.45, 2.75) is 25.8 Å². The standard InChI is InChI=1S/C15H22N2O3/c1-11-5-4-8-17(14(11)10-18)15(19)16-12-6-3-7-13(9-12)20-2/h3,6-7,9,11,14,18H,4-5,8,10H2,1-2H3,(H,16,19). The zero-order valence-electron chi connectivity index (χ0n) is 12.0. The molecular weight excluding hydrogens is 256 g/mol.